The zero-order valence-electron chi connectivity index (χ0n) is 20.4. The second-order valence-corrected chi connectivity index (χ2v) is 10.3. The number of nitrogens with zero attached hydrogens (tertiary/aromatic N) is 1. The van der Waals surface area contributed by atoms with Gasteiger partial charge in [-0.1, -0.05) is 77.9 Å². The fourth-order valence-electron chi connectivity index (χ4n) is 3.67. The summed E-state index contributed by atoms with van der Waals surface area (Å²) in [7, 11) is 1.42. The molecule has 0 radical (unpaired) electrons. The Morgan fingerprint density at radius 3 is 1.31 bits per heavy atom. The molecule has 0 saturated carbocycles. The normalized spacial score (nSPS) is 11.8. The van der Waals surface area contributed by atoms with Crippen LogP contribution in [0, 0.1) is 0 Å². The van der Waals surface area contributed by atoms with Crippen molar-refractivity contribution in [3.05, 3.63) is 89.5 Å². The highest BCUT2D eigenvalue weighted by atomic mass is 16.5. The van der Waals surface area contributed by atoms with Crippen LogP contribution in [0.3, 0.4) is 0 Å². The molecule has 0 aliphatic heterocycles. The van der Waals surface area contributed by atoms with Crippen LogP contribution in [0.4, 0.5) is 17.1 Å². The van der Waals surface area contributed by atoms with Gasteiger partial charge in [-0.2, -0.15) is 0 Å². The van der Waals surface area contributed by atoms with Gasteiger partial charge in [0, 0.05) is 17.1 Å². The summed E-state index contributed by atoms with van der Waals surface area (Å²) in [6.07, 6.45) is 0.275. The van der Waals surface area contributed by atoms with Gasteiger partial charge in [-0.05, 0) is 63.9 Å². The topological polar surface area (TPSA) is 29.5 Å². The lowest BCUT2D eigenvalue weighted by atomic mass is 9.86. The number of hydrogen-bond acceptors (Lipinski definition) is 3. The van der Waals surface area contributed by atoms with Crippen LogP contribution in [0.5, 0.6) is 0 Å². The van der Waals surface area contributed by atoms with Crippen LogP contribution in [0.15, 0.2) is 72.8 Å². The van der Waals surface area contributed by atoms with Crippen LogP contribution in [-0.2, 0) is 26.8 Å². The van der Waals surface area contributed by atoms with Crippen LogP contribution in [-0.4, -0.2) is 13.1 Å². The Labute approximate surface area is 193 Å². The van der Waals surface area contributed by atoms with E-state index >= 15 is 0 Å². The fraction of sp³-hybridized carbons (Fsp3) is 0.345. The molecule has 0 fully saturated rings. The molecule has 3 aromatic rings. The van der Waals surface area contributed by atoms with Crippen molar-refractivity contribution < 1.29 is 9.53 Å². The number of methoxy groups -OCH3 is 1. The van der Waals surface area contributed by atoms with E-state index in [1.807, 2.05) is 12.1 Å². The van der Waals surface area contributed by atoms with Gasteiger partial charge in [-0.25, -0.2) is 0 Å². The smallest absolute Gasteiger partial charge is 0.309 e. The first kappa shape index (κ1) is 23.6. The van der Waals surface area contributed by atoms with Gasteiger partial charge in [0.15, 0.2) is 0 Å². The number of carbonyl (C=O) groups is 1. The standard InChI is InChI=1S/C29H35NO2/c1-28(2,3)22-10-16-25(17-11-22)30(26-18-12-23(13-19-26)29(4,5)6)24-14-8-21(9-15-24)20-27(31)32-7/h8-19H,20H2,1-7H3. The molecule has 32 heavy (non-hydrogen) atoms. The Morgan fingerprint density at radius 1 is 0.656 bits per heavy atom. The van der Waals surface area contributed by atoms with E-state index in [1.54, 1.807) is 0 Å². The summed E-state index contributed by atoms with van der Waals surface area (Å²) in [4.78, 5) is 13.9. The summed E-state index contributed by atoms with van der Waals surface area (Å²) in [6.45, 7) is 13.4. The molecule has 0 spiro atoms. The lowest BCUT2D eigenvalue weighted by Crippen LogP contribution is -2.14. The molecular formula is C29H35NO2. The molecule has 0 heterocycles. The van der Waals surface area contributed by atoms with E-state index in [4.69, 9.17) is 4.74 Å². The third-order valence-electron chi connectivity index (χ3n) is 5.75. The van der Waals surface area contributed by atoms with Gasteiger partial charge in [0.05, 0.1) is 13.5 Å². The molecule has 0 saturated heterocycles. The molecular weight excluding hydrogens is 394 g/mol. The molecule has 0 bridgehead atoms. The molecule has 3 nitrogen and oxygen atoms in total. The van der Waals surface area contributed by atoms with E-state index < -0.39 is 0 Å². The van der Waals surface area contributed by atoms with Gasteiger partial charge in [0.2, 0.25) is 0 Å². The molecule has 0 aliphatic rings. The number of benzene rings is 3. The van der Waals surface area contributed by atoms with Crippen molar-refractivity contribution in [3.8, 4) is 0 Å². The van der Waals surface area contributed by atoms with E-state index in [0.29, 0.717) is 0 Å². The van der Waals surface area contributed by atoms with E-state index in [0.717, 1.165) is 22.6 Å². The van der Waals surface area contributed by atoms with Crippen molar-refractivity contribution >= 4 is 23.0 Å². The van der Waals surface area contributed by atoms with E-state index in [1.165, 1.54) is 18.2 Å². The highest BCUT2D eigenvalue weighted by Crippen LogP contribution is 2.37. The van der Waals surface area contributed by atoms with Crippen molar-refractivity contribution in [2.24, 2.45) is 0 Å². The van der Waals surface area contributed by atoms with Crippen molar-refractivity contribution in [3.63, 3.8) is 0 Å². The lowest BCUT2D eigenvalue weighted by molar-refractivity contribution is -0.139. The molecule has 0 aliphatic carbocycles. The SMILES string of the molecule is COC(=O)Cc1ccc(N(c2ccc(C(C)(C)C)cc2)c2ccc(C(C)(C)C)cc2)cc1. The third kappa shape index (κ3) is 5.59. The average Bonchev–Trinajstić information content (AvgIpc) is 2.74. The average molecular weight is 430 g/mol. The molecule has 3 heteroatoms. The van der Waals surface area contributed by atoms with Gasteiger partial charge >= 0.3 is 5.97 Å². The molecule has 0 amide bonds. The Morgan fingerprint density at radius 2 is 1.00 bits per heavy atom. The van der Waals surface area contributed by atoms with Gasteiger partial charge < -0.3 is 9.64 Å². The van der Waals surface area contributed by atoms with Crippen molar-refractivity contribution in [1.29, 1.82) is 0 Å². The zero-order valence-corrected chi connectivity index (χ0v) is 20.4. The Balaban J connectivity index is 2.02. The Hall–Kier alpha value is -3.07. The summed E-state index contributed by atoms with van der Waals surface area (Å²) in [5.74, 6) is -0.231. The predicted molar refractivity (Wildman–Crippen MR) is 134 cm³/mol. The maximum atomic E-state index is 11.6. The van der Waals surface area contributed by atoms with Crippen molar-refractivity contribution in [2.75, 3.05) is 12.0 Å². The number of hydrogen-bond donors (Lipinski definition) is 0. The molecule has 0 aromatic heterocycles. The molecule has 0 N–H and O–H groups in total. The summed E-state index contributed by atoms with van der Waals surface area (Å²) in [5.41, 5.74) is 7.00. The largest absolute Gasteiger partial charge is 0.469 e. The third-order valence-corrected chi connectivity index (χ3v) is 5.75. The van der Waals surface area contributed by atoms with Gasteiger partial charge in [-0.3, -0.25) is 4.79 Å². The van der Waals surface area contributed by atoms with E-state index in [-0.39, 0.29) is 23.2 Å². The van der Waals surface area contributed by atoms with E-state index in [9.17, 15) is 4.79 Å². The van der Waals surface area contributed by atoms with Crippen molar-refractivity contribution in [2.45, 2.75) is 58.8 Å². The lowest BCUT2D eigenvalue weighted by Gasteiger charge is -2.28. The molecule has 0 atom stereocenters. The monoisotopic (exact) mass is 429 g/mol. The van der Waals surface area contributed by atoms with Crippen LogP contribution >= 0.6 is 0 Å². The minimum absolute atomic E-state index is 0.104. The second-order valence-electron chi connectivity index (χ2n) is 10.3. The summed E-state index contributed by atoms with van der Waals surface area (Å²) < 4.78 is 4.80. The molecule has 3 aromatic carbocycles. The Kier molecular flexibility index (Phi) is 6.78. The fourth-order valence-corrected chi connectivity index (χ4v) is 3.67. The molecule has 3 rings (SSSR count). The minimum atomic E-state index is -0.231. The first-order chi connectivity index (χ1) is 15.0. The number of rotatable bonds is 5. The number of carbonyl (C=O) groups excluding carboxylic acids is 1. The van der Waals surface area contributed by atoms with Gasteiger partial charge in [-0.15, -0.1) is 0 Å². The summed E-state index contributed by atoms with van der Waals surface area (Å²) in [5, 5.41) is 0. The summed E-state index contributed by atoms with van der Waals surface area (Å²) >= 11 is 0. The molecule has 0 unspecified atom stereocenters. The van der Waals surface area contributed by atoms with Crippen LogP contribution in [0.2, 0.25) is 0 Å². The maximum absolute atomic E-state index is 11.6. The minimum Gasteiger partial charge on any atom is -0.469 e. The maximum Gasteiger partial charge on any atom is 0.309 e. The number of ether oxygens (including phenoxy) is 1. The predicted octanol–water partition coefficient (Wildman–Crippen LogP) is 7.47. The quantitative estimate of drug-likeness (QED) is 0.394. The second kappa shape index (κ2) is 9.20. The summed E-state index contributed by atoms with van der Waals surface area (Å²) in [6, 6.07) is 25.7. The number of esters is 1. The van der Waals surface area contributed by atoms with Crippen LogP contribution < -0.4 is 4.90 Å². The first-order valence-electron chi connectivity index (χ1n) is 11.2. The highest BCUT2D eigenvalue weighted by Gasteiger charge is 2.18. The van der Waals surface area contributed by atoms with Gasteiger partial charge in [0.1, 0.15) is 0 Å². The van der Waals surface area contributed by atoms with Crippen LogP contribution in [0.25, 0.3) is 0 Å². The van der Waals surface area contributed by atoms with Crippen molar-refractivity contribution in [1.82, 2.24) is 0 Å². The highest BCUT2D eigenvalue weighted by molar-refractivity contribution is 5.77. The number of anilines is 3. The zero-order chi connectivity index (χ0) is 23.5. The Bertz CT molecular complexity index is 977. The first-order valence-corrected chi connectivity index (χ1v) is 11.2. The van der Waals surface area contributed by atoms with Gasteiger partial charge in [0.25, 0.3) is 0 Å². The molecule has 168 valence electrons. The van der Waals surface area contributed by atoms with Crippen LogP contribution in [0.1, 0.15) is 58.2 Å². The van der Waals surface area contributed by atoms with E-state index in [2.05, 4.69) is 107 Å².